The molecule has 14 heteroatoms. The molecular weight excluding hydrogens is 791 g/mol. The molecule has 5 rings (SSSR count). The van der Waals surface area contributed by atoms with Gasteiger partial charge in [-0.1, -0.05) is 84.3 Å². The van der Waals surface area contributed by atoms with Crippen LogP contribution in [0.5, 0.6) is 0 Å². The molecule has 0 saturated heterocycles. The molecule has 0 fully saturated rings. The van der Waals surface area contributed by atoms with E-state index in [0.717, 1.165) is 32.6 Å². The zero-order valence-corrected chi connectivity index (χ0v) is 27.8. The molecule has 0 aliphatic carbocycles. The van der Waals surface area contributed by atoms with E-state index in [1.807, 2.05) is 12.1 Å². The van der Waals surface area contributed by atoms with Crippen molar-refractivity contribution in [3.05, 3.63) is 102 Å². The number of anilines is 3. The Labute approximate surface area is 276 Å². The molecular formula is C32H29F6N7Pt. The minimum absolute atomic E-state index is 0. The van der Waals surface area contributed by atoms with Crippen molar-refractivity contribution in [2.45, 2.75) is 64.7 Å². The van der Waals surface area contributed by atoms with Crippen molar-refractivity contribution in [1.82, 2.24) is 29.5 Å². The van der Waals surface area contributed by atoms with E-state index in [0.29, 0.717) is 5.69 Å². The summed E-state index contributed by atoms with van der Waals surface area (Å²) in [5, 5.41) is 7.20. The molecule has 7 nitrogen and oxygen atoms in total. The fourth-order valence-corrected chi connectivity index (χ4v) is 4.38. The van der Waals surface area contributed by atoms with Crippen LogP contribution in [0, 0.1) is 12.4 Å². The maximum Gasteiger partial charge on any atom is 2.00 e. The molecule has 0 N–H and O–H groups in total. The van der Waals surface area contributed by atoms with E-state index >= 15 is 0 Å². The van der Waals surface area contributed by atoms with E-state index in [4.69, 9.17) is 0 Å². The van der Waals surface area contributed by atoms with Crippen LogP contribution in [0.4, 0.5) is 43.7 Å². The summed E-state index contributed by atoms with van der Waals surface area (Å²) in [5.41, 5.74) is -0.183. The maximum absolute atomic E-state index is 13.3. The Hall–Kier alpha value is -3.99. The van der Waals surface area contributed by atoms with Crippen LogP contribution < -0.4 is 4.90 Å². The Kier molecular flexibility index (Phi) is 9.34. The number of hydrogen-bond acceptors (Lipinski definition) is 5. The van der Waals surface area contributed by atoms with Crippen LogP contribution in [0.2, 0.25) is 0 Å². The standard InChI is InChI=1S/C32H29F6N7.Pt/c1-29(2,3)20-17-21(30(4,5)6)19-22(18-20)45(27-11-7-9-25(39-27)43-15-13-23(41-43)31(33,34)35)28-12-8-10-26(40-28)44-16-14-24(42-44)32(36,37)38;/h7-14,17-19H,1-6H3;/q-2;+2. The molecule has 0 saturated carbocycles. The van der Waals surface area contributed by atoms with Gasteiger partial charge in [-0.2, -0.15) is 26.3 Å². The molecule has 0 spiro atoms. The van der Waals surface area contributed by atoms with Crippen LogP contribution >= 0.6 is 0 Å². The third-order valence-corrected chi connectivity index (χ3v) is 6.88. The predicted molar refractivity (Wildman–Crippen MR) is 156 cm³/mol. The third-order valence-electron chi connectivity index (χ3n) is 6.88. The SMILES string of the molecule is CC(C)(C)c1cc(N(c2cccc(-n3[c-]cc(C(F)(F)F)n3)n2)c2cccc(-n3[c-]cc(C(F)(F)F)n3)n2)cc(C(C)(C)C)c1.[Pt+2]. The van der Waals surface area contributed by atoms with Gasteiger partial charge in [-0.05, 0) is 46.2 Å². The molecule has 0 radical (unpaired) electrons. The van der Waals surface area contributed by atoms with Crippen LogP contribution in [0.1, 0.15) is 64.1 Å². The number of nitrogens with zero attached hydrogens (tertiary/aromatic N) is 7. The van der Waals surface area contributed by atoms with Crippen LogP contribution in [0.15, 0.2) is 66.7 Å². The topological polar surface area (TPSA) is 64.7 Å². The van der Waals surface area contributed by atoms with Gasteiger partial charge in [0, 0.05) is 5.69 Å². The molecule has 0 unspecified atom stereocenters. The van der Waals surface area contributed by atoms with E-state index in [1.165, 1.54) is 12.1 Å². The number of hydrogen-bond donors (Lipinski definition) is 0. The van der Waals surface area contributed by atoms with E-state index in [-0.39, 0.29) is 55.2 Å². The second kappa shape index (κ2) is 12.3. The first-order chi connectivity index (χ1) is 20.8. The average Bonchev–Trinajstić information content (AvgIpc) is 3.64. The Morgan fingerprint density at radius 2 is 1.00 bits per heavy atom. The van der Waals surface area contributed by atoms with Gasteiger partial charge < -0.3 is 9.36 Å². The zero-order chi connectivity index (χ0) is 32.9. The average molecular weight is 821 g/mol. The van der Waals surface area contributed by atoms with Crippen molar-refractivity contribution in [2.24, 2.45) is 0 Å². The van der Waals surface area contributed by atoms with Gasteiger partial charge in [-0.3, -0.25) is 25.1 Å². The van der Waals surface area contributed by atoms with E-state index in [2.05, 4.69) is 80.2 Å². The zero-order valence-electron chi connectivity index (χ0n) is 25.6. The normalized spacial score (nSPS) is 12.6. The van der Waals surface area contributed by atoms with Gasteiger partial charge in [0.05, 0.1) is 23.0 Å². The van der Waals surface area contributed by atoms with Crippen LogP contribution in [-0.2, 0) is 44.2 Å². The monoisotopic (exact) mass is 820 g/mol. The van der Waals surface area contributed by atoms with E-state index in [9.17, 15) is 26.3 Å². The summed E-state index contributed by atoms with van der Waals surface area (Å²) in [6, 6.07) is 17.0. The molecule has 0 aliphatic heterocycles. The first-order valence-electron chi connectivity index (χ1n) is 13.8. The first-order valence-corrected chi connectivity index (χ1v) is 13.8. The molecule has 0 bridgehead atoms. The summed E-state index contributed by atoms with van der Waals surface area (Å²) in [7, 11) is 0. The molecule has 4 heterocycles. The smallest absolute Gasteiger partial charge is 0.343 e. The predicted octanol–water partition coefficient (Wildman–Crippen LogP) is 8.55. The van der Waals surface area contributed by atoms with E-state index < -0.39 is 23.7 Å². The minimum atomic E-state index is -4.66. The summed E-state index contributed by atoms with van der Waals surface area (Å²) in [4.78, 5) is 10.9. The second-order valence-electron chi connectivity index (χ2n) is 12.4. The fraction of sp³-hybridized carbons (Fsp3) is 0.312. The maximum atomic E-state index is 13.3. The molecule has 46 heavy (non-hydrogen) atoms. The Balaban J connectivity index is 0.00000480. The van der Waals surface area contributed by atoms with Crippen molar-refractivity contribution in [3.63, 3.8) is 0 Å². The number of alkyl halides is 6. The summed E-state index contributed by atoms with van der Waals surface area (Å²) < 4.78 is 81.5. The van der Waals surface area contributed by atoms with Gasteiger partial charge in [0.1, 0.15) is 11.6 Å². The Bertz CT molecular complexity index is 1700. The number of halogens is 6. The van der Waals surface area contributed by atoms with Crippen molar-refractivity contribution in [1.29, 1.82) is 0 Å². The number of pyridine rings is 2. The molecule has 244 valence electrons. The fourth-order valence-electron chi connectivity index (χ4n) is 4.38. The van der Waals surface area contributed by atoms with Crippen molar-refractivity contribution in [2.75, 3.05) is 4.90 Å². The minimum Gasteiger partial charge on any atom is -0.343 e. The van der Waals surface area contributed by atoms with Crippen LogP contribution in [-0.4, -0.2) is 29.5 Å². The summed E-state index contributed by atoms with van der Waals surface area (Å²) >= 11 is 0. The largest absolute Gasteiger partial charge is 2.00 e. The summed E-state index contributed by atoms with van der Waals surface area (Å²) in [6.45, 7) is 12.4. The third kappa shape index (κ3) is 7.51. The summed E-state index contributed by atoms with van der Waals surface area (Å²) in [6.07, 6.45) is -4.41. The van der Waals surface area contributed by atoms with Gasteiger partial charge in [-0.25, -0.2) is 0 Å². The van der Waals surface area contributed by atoms with Gasteiger partial charge >= 0.3 is 33.4 Å². The molecule has 1 aromatic carbocycles. The molecule has 0 aliphatic rings. The van der Waals surface area contributed by atoms with Gasteiger partial charge in [0.25, 0.3) is 0 Å². The van der Waals surface area contributed by atoms with Gasteiger partial charge in [0.15, 0.2) is 0 Å². The van der Waals surface area contributed by atoms with Crippen molar-refractivity contribution in [3.8, 4) is 11.6 Å². The Morgan fingerprint density at radius 3 is 1.33 bits per heavy atom. The molecule has 4 aromatic heterocycles. The quantitative estimate of drug-likeness (QED) is 0.132. The van der Waals surface area contributed by atoms with Gasteiger partial charge in [0.2, 0.25) is 0 Å². The number of rotatable bonds is 5. The second-order valence-corrected chi connectivity index (χ2v) is 12.4. The van der Waals surface area contributed by atoms with Crippen LogP contribution in [0.25, 0.3) is 11.6 Å². The molecule has 5 aromatic rings. The van der Waals surface area contributed by atoms with Crippen LogP contribution in [0.3, 0.4) is 0 Å². The number of aromatic nitrogens is 6. The van der Waals surface area contributed by atoms with Gasteiger partial charge in [-0.15, -0.1) is 12.1 Å². The van der Waals surface area contributed by atoms with Crippen molar-refractivity contribution >= 4 is 17.3 Å². The van der Waals surface area contributed by atoms with E-state index in [1.54, 1.807) is 29.2 Å². The number of benzene rings is 1. The Morgan fingerprint density at radius 1 is 0.609 bits per heavy atom. The molecule has 0 amide bonds. The first kappa shape index (κ1) is 34.9. The molecule has 0 atom stereocenters. The van der Waals surface area contributed by atoms with Crippen molar-refractivity contribution < 1.29 is 47.4 Å². The summed E-state index contributed by atoms with van der Waals surface area (Å²) in [5.74, 6) is 0.645.